The van der Waals surface area contributed by atoms with Gasteiger partial charge in [-0.1, -0.05) is 19.8 Å². The van der Waals surface area contributed by atoms with Crippen LogP contribution in [-0.4, -0.2) is 41.5 Å². The van der Waals surface area contributed by atoms with Crippen molar-refractivity contribution in [2.75, 3.05) is 25.0 Å². The lowest BCUT2D eigenvalue weighted by molar-refractivity contribution is -0.143. The Morgan fingerprint density at radius 3 is 2.50 bits per heavy atom. The molecule has 0 saturated carbocycles. The maximum atomic E-state index is 13.1. The molecule has 0 saturated heterocycles. The number of aliphatic hydroxyl groups is 1. The van der Waals surface area contributed by atoms with Gasteiger partial charge in [0.15, 0.2) is 11.6 Å². The molecule has 0 radical (unpaired) electrons. The summed E-state index contributed by atoms with van der Waals surface area (Å²) < 4.78 is 25.9. The van der Waals surface area contributed by atoms with Gasteiger partial charge in [0.1, 0.15) is 0 Å². The molecule has 0 bridgehead atoms. The Balaban J connectivity index is 2.67. The van der Waals surface area contributed by atoms with Crippen LogP contribution >= 0.6 is 0 Å². The van der Waals surface area contributed by atoms with Crippen LogP contribution in [0.5, 0.6) is 0 Å². The number of anilines is 1. The quantitative estimate of drug-likeness (QED) is 0.597. The number of carbonyl (C=O) groups is 2. The van der Waals surface area contributed by atoms with Gasteiger partial charge in [-0.3, -0.25) is 9.59 Å². The van der Waals surface area contributed by atoms with Crippen molar-refractivity contribution in [3.63, 3.8) is 0 Å². The number of halogens is 2. The molecule has 0 aliphatic rings. The molecular weight excluding hydrogens is 294 g/mol. The van der Waals surface area contributed by atoms with Crippen LogP contribution in [0.15, 0.2) is 18.2 Å². The monoisotopic (exact) mass is 314 g/mol. The minimum atomic E-state index is -1.11. The molecule has 0 aromatic heterocycles. The maximum absolute atomic E-state index is 13.1. The van der Waals surface area contributed by atoms with E-state index in [1.165, 1.54) is 4.90 Å². The van der Waals surface area contributed by atoms with Gasteiger partial charge in [-0.05, 0) is 18.6 Å². The molecule has 0 aliphatic heterocycles. The summed E-state index contributed by atoms with van der Waals surface area (Å²) in [5, 5.41) is 11.2. The summed E-state index contributed by atoms with van der Waals surface area (Å²) in [5.74, 6) is -3.91. The molecular formula is C15H20F2N2O3. The summed E-state index contributed by atoms with van der Waals surface area (Å²) in [6.07, 6.45) is 2.59. The van der Waals surface area contributed by atoms with E-state index >= 15 is 0 Å². The van der Waals surface area contributed by atoms with Crippen molar-refractivity contribution in [3.05, 3.63) is 29.8 Å². The van der Waals surface area contributed by atoms with E-state index in [0.717, 1.165) is 37.5 Å². The Hall–Kier alpha value is -2.02. The summed E-state index contributed by atoms with van der Waals surface area (Å²) in [6, 6.07) is 2.83. The average molecular weight is 314 g/mol. The smallest absolute Gasteiger partial charge is 0.313 e. The minimum Gasteiger partial charge on any atom is -0.395 e. The van der Waals surface area contributed by atoms with Crippen molar-refractivity contribution >= 4 is 17.5 Å². The fourth-order valence-corrected chi connectivity index (χ4v) is 1.89. The predicted octanol–water partition coefficient (Wildman–Crippen LogP) is 1.91. The molecule has 122 valence electrons. The lowest BCUT2D eigenvalue weighted by atomic mass is 10.2. The zero-order valence-electron chi connectivity index (χ0n) is 12.4. The molecule has 7 heteroatoms. The molecule has 22 heavy (non-hydrogen) atoms. The topological polar surface area (TPSA) is 69.6 Å². The Kier molecular flexibility index (Phi) is 7.45. The Labute approximate surface area is 127 Å². The third kappa shape index (κ3) is 5.40. The first-order valence-electron chi connectivity index (χ1n) is 7.15. The Bertz CT molecular complexity index is 524. The van der Waals surface area contributed by atoms with Crippen LogP contribution in [0.3, 0.4) is 0 Å². The van der Waals surface area contributed by atoms with E-state index in [1.807, 2.05) is 6.92 Å². The summed E-state index contributed by atoms with van der Waals surface area (Å²) in [5.41, 5.74) is -0.00485. The van der Waals surface area contributed by atoms with E-state index in [2.05, 4.69) is 5.32 Å². The van der Waals surface area contributed by atoms with E-state index in [1.54, 1.807) is 0 Å². The highest BCUT2D eigenvalue weighted by Gasteiger charge is 2.21. The number of aliphatic hydroxyl groups excluding tert-OH is 1. The summed E-state index contributed by atoms with van der Waals surface area (Å²) in [6.45, 7) is 2.16. The second-order valence-electron chi connectivity index (χ2n) is 4.81. The lowest BCUT2D eigenvalue weighted by Gasteiger charge is -2.21. The molecule has 0 unspecified atom stereocenters. The zero-order chi connectivity index (χ0) is 16.5. The summed E-state index contributed by atoms with van der Waals surface area (Å²) >= 11 is 0. The molecule has 0 fully saturated rings. The first kappa shape index (κ1) is 18.0. The van der Waals surface area contributed by atoms with Crippen molar-refractivity contribution in [2.45, 2.75) is 26.2 Å². The van der Waals surface area contributed by atoms with Gasteiger partial charge in [-0.15, -0.1) is 0 Å². The highest BCUT2D eigenvalue weighted by Crippen LogP contribution is 2.13. The van der Waals surface area contributed by atoms with Gasteiger partial charge in [0.2, 0.25) is 0 Å². The van der Waals surface area contributed by atoms with Gasteiger partial charge in [-0.2, -0.15) is 0 Å². The Morgan fingerprint density at radius 1 is 1.18 bits per heavy atom. The second-order valence-corrected chi connectivity index (χ2v) is 4.81. The van der Waals surface area contributed by atoms with E-state index in [-0.39, 0.29) is 18.8 Å². The van der Waals surface area contributed by atoms with Gasteiger partial charge < -0.3 is 15.3 Å². The van der Waals surface area contributed by atoms with Gasteiger partial charge in [0.25, 0.3) is 0 Å². The molecule has 2 amide bonds. The van der Waals surface area contributed by atoms with Gasteiger partial charge in [0, 0.05) is 24.8 Å². The van der Waals surface area contributed by atoms with Gasteiger partial charge in [0.05, 0.1) is 6.61 Å². The predicted molar refractivity (Wildman–Crippen MR) is 78.2 cm³/mol. The third-order valence-electron chi connectivity index (χ3n) is 3.06. The fraction of sp³-hybridized carbons (Fsp3) is 0.467. The molecule has 1 aromatic carbocycles. The van der Waals surface area contributed by atoms with Crippen LogP contribution in [-0.2, 0) is 9.59 Å². The number of hydrogen-bond donors (Lipinski definition) is 2. The van der Waals surface area contributed by atoms with Crippen molar-refractivity contribution in [2.24, 2.45) is 0 Å². The van der Waals surface area contributed by atoms with Crippen molar-refractivity contribution in [1.29, 1.82) is 0 Å². The molecule has 0 atom stereocenters. The first-order chi connectivity index (χ1) is 10.5. The maximum Gasteiger partial charge on any atom is 0.313 e. The first-order valence-corrected chi connectivity index (χ1v) is 7.15. The SMILES string of the molecule is CCCCCN(CCO)C(=O)C(=O)Nc1ccc(F)c(F)c1. The van der Waals surface area contributed by atoms with Gasteiger partial charge >= 0.3 is 11.8 Å². The third-order valence-corrected chi connectivity index (χ3v) is 3.06. The lowest BCUT2D eigenvalue weighted by Crippen LogP contribution is -2.41. The van der Waals surface area contributed by atoms with Crippen LogP contribution in [0, 0.1) is 11.6 Å². The molecule has 5 nitrogen and oxygen atoms in total. The summed E-state index contributed by atoms with van der Waals surface area (Å²) in [4.78, 5) is 25.1. The Morgan fingerprint density at radius 2 is 1.91 bits per heavy atom. The van der Waals surface area contributed by atoms with E-state index in [4.69, 9.17) is 5.11 Å². The van der Waals surface area contributed by atoms with Crippen LogP contribution in [0.4, 0.5) is 14.5 Å². The number of nitrogens with one attached hydrogen (secondary N) is 1. The van der Waals surface area contributed by atoms with Crippen LogP contribution < -0.4 is 5.32 Å². The van der Waals surface area contributed by atoms with Gasteiger partial charge in [-0.25, -0.2) is 8.78 Å². The zero-order valence-corrected chi connectivity index (χ0v) is 12.4. The molecule has 1 aromatic rings. The van der Waals surface area contributed by atoms with Crippen molar-refractivity contribution in [1.82, 2.24) is 4.90 Å². The van der Waals surface area contributed by atoms with E-state index < -0.39 is 23.4 Å². The summed E-state index contributed by atoms with van der Waals surface area (Å²) in [7, 11) is 0. The number of benzene rings is 1. The van der Waals surface area contributed by atoms with Crippen molar-refractivity contribution in [3.8, 4) is 0 Å². The number of hydrogen-bond acceptors (Lipinski definition) is 3. The number of nitrogens with zero attached hydrogens (tertiary/aromatic N) is 1. The molecule has 0 heterocycles. The second kappa shape index (κ2) is 9.09. The van der Waals surface area contributed by atoms with Crippen LogP contribution in [0.1, 0.15) is 26.2 Å². The number of carbonyl (C=O) groups excluding carboxylic acids is 2. The van der Waals surface area contributed by atoms with E-state index in [0.29, 0.717) is 6.54 Å². The van der Waals surface area contributed by atoms with E-state index in [9.17, 15) is 18.4 Å². The molecule has 0 aliphatic carbocycles. The number of amides is 2. The highest BCUT2D eigenvalue weighted by atomic mass is 19.2. The standard InChI is InChI=1S/C15H20F2N2O3/c1-2-3-4-7-19(8-9-20)15(22)14(21)18-11-5-6-12(16)13(17)10-11/h5-6,10,20H,2-4,7-9H2,1H3,(H,18,21). The molecule has 2 N–H and O–H groups in total. The normalized spacial score (nSPS) is 10.4. The van der Waals surface area contributed by atoms with Crippen LogP contribution in [0.2, 0.25) is 0 Å². The van der Waals surface area contributed by atoms with Crippen LogP contribution in [0.25, 0.3) is 0 Å². The van der Waals surface area contributed by atoms with Crippen molar-refractivity contribution < 1.29 is 23.5 Å². The largest absolute Gasteiger partial charge is 0.395 e. The highest BCUT2D eigenvalue weighted by molar-refractivity contribution is 6.39. The number of rotatable bonds is 7. The molecule has 0 spiro atoms. The number of unbranched alkanes of at least 4 members (excludes halogenated alkanes) is 2. The molecule has 1 rings (SSSR count). The average Bonchev–Trinajstić information content (AvgIpc) is 2.49. The fourth-order valence-electron chi connectivity index (χ4n) is 1.89. The minimum absolute atomic E-state index is 0.00485.